The topological polar surface area (TPSA) is 36.4 Å². The lowest BCUT2D eigenvalue weighted by Crippen LogP contribution is -2.36. The maximum absolute atomic E-state index is 11.6. The molecule has 3 heterocycles. The highest BCUT2D eigenvalue weighted by atomic mass is 32.1. The Morgan fingerprint density at radius 2 is 2.11 bits per heavy atom. The number of aryl methyl sites for hydroxylation is 1. The van der Waals surface area contributed by atoms with Crippen LogP contribution in [0.3, 0.4) is 0 Å². The minimum absolute atomic E-state index is 0.138. The number of nitrogens with zero attached hydrogens (tertiary/aromatic N) is 3. The van der Waals surface area contributed by atoms with Gasteiger partial charge in [0.1, 0.15) is 0 Å². The van der Waals surface area contributed by atoms with Crippen LogP contribution in [-0.4, -0.2) is 47.9 Å². The summed E-state index contributed by atoms with van der Waals surface area (Å²) in [6, 6.07) is 0.687. The molecule has 0 N–H and O–H groups in total. The van der Waals surface area contributed by atoms with E-state index in [2.05, 4.69) is 14.8 Å². The van der Waals surface area contributed by atoms with Crippen LogP contribution in [0.5, 0.6) is 0 Å². The summed E-state index contributed by atoms with van der Waals surface area (Å²) < 4.78 is 0. The summed E-state index contributed by atoms with van der Waals surface area (Å²) >= 11 is 1.56. The second kappa shape index (κ2) is 5.21. The van der Waals surface area contributed by atoms with E-state index in [1.165, 1.54) is 32.4 Å². The quantitative estimate of drug-likeness (QED) is 0.779. The minimum atomic E-state index is 0.138. The second-order valence-electron chi connectivity index (χ2n) is 5.60. The van der Waals surface area contributed by atoms with Gasteiger partial charge in [0.05, 0.1) is 10.6 Å². The molecule has 2 saturated heterocycles. The molecule has 3 rings (SSSR count). The van der Waals surface area contributed by atoms with E-state index in [0.717, 1.165) is 28.8 Å². The summed E-state index contributed by atoms with van der Waals surface area (Å²) in [4.78, 5) is 22.0. The number of aromatic nitrogens is 1. The lowest BCUT2D eigenvalue weighted by Gasteiger charge is -2.25. The van der Waals surface area contributed by atoms with Crippen LogP contribution in [0.2, 0.25) is 0 Å². The molecule has 0 amide bonds. The smallest absolute Gasteiger partial charge is 0.186 e. The fourth-order valence-corrected chi connectivity index (χ4v) is 4.22. The van der Waals surface area contributed by atoms with Gasteiger partial charge in [-0.2, -0.15) is 0 Å². The molecule has 19 heavy (non-hydrogen) atoms. The van der Waals surface area contributed by atoms with Crippen molar-refractivity contribution in [2.45, 2.75) is 39.2 Å². The fraction of sp³-hybridized carbons (Fsp3) is 0.714. The maximum Gasteiger partial charge on any atom is 0.186 e. The maximum atomic E-state index is 11.6. The molecule has 0 spiro atoms. The van der Waals surface area contributed by atoms with Crippen molar-refractivity contribution < 1.29 is 4.79 Å². The van der Waals surface area contributed by atoms with Gasteiger partial charge in [0.25, 0.3) is 0 Å². The zero-order valence-electron chi connectivity index (χ0n) is 11.7. The predicted octanol–water partition coefficient (Wildman–Crippen LogP) is 2.33. The molecule has 1 aromatic rings. The molecule has 0 aliphatic carbocycles. The number of Topliss-reactive ketones (excluding diaryl/α,β-unsaturated/α-hetero) is 1. The van der Waals surface area contributed by atoms with Gasteiger partial charge in [-0.25, -0.2) is 4.98 Å². The van der Waals surface area contributed by atoms with Crippen LogP contribution in [-0.2, 0) is 0 Å². The van der Waals surface area contributed by atoms with E-state index in [-0.39, 0.29) is 5.78 Å². The first-order valence-corrected chi connectivity index (χ1v) is 7.94. The van der Waals surface area contributed by atoms with Crippen LogP contribution >= 0.6 is 11.3 Å². The molecular formula is C14H21N3OS. The van der Waals surface area contributed by atoms with Crippen LogP contribution in [0, 0.1) is 6.92 Å². The summed E-state index contributed by atoms with van der Waals surface area (Å²) in [7, 11) is 0. The van der Waals surface area contributed by atoms with Crippen LogP contribution in [0.4, 0.5) is 5.13 Å². The zero-order valence-corrected chi connectivity index (χ0v) is 12.5. The van der Waals surface area contributed by atoms with Gasteiger partial charge in [0.15, 0.2) is 10.9 Å². The molecule has 1 aromatic heterocycles. The van der Waals surface area contributed by atoms with Gasteiger partial charge in [-0.15, -0.1) is 0 Å². The minimum Gasteiger partial charge on any atom is -0.346 e. The Balaban J connectivity index is 1.81. The van der Waals surface area contributed by atoms with Crippen molar-refractivity contribution in [3.05, 3.63) is 10.6 Å². The third-order valence-corrected chi connectivity index (χ3v) is 5.50. The molecule has 104 valence electrons. The van der Waals surface area contributed by atoms with Gasteiger partial charge in [-0.05, 0) is 32.7 Å². The van der Waals surface area contributed by atoms with Gasteiger partial charge >= 0.3 is 0 Å². The second-order valence-corrected chi connectivity index (χ2v) is 6.58. The van der Waals surface area contributed by atoms with E-state index >= 15 is 0 Å². The number of hydrogen-bond acceptors (Lipinski definition) is 5. The number of carbonyl (C=O) groups excluding carboxylic acids is 1. The number of carbonyl (C=O) groups is 1. The van der Waals surface area contributed by atoms with Crippen molar-refractivity contribution in [3.8, 4) is 0 Å². The number of fused-ring (bicyclic) bond motifs is 1. The van der Waals surface area contributed by atoms with Crippen LogP contribution < -0.4 is 4.90 Å². The lowest BCUT2D eigenvalue weighted by molar-refractivity contribution is 0.102. The average Bonchev–Trinajstić information content (AvgIpc) is 2.91. The Hall–Kier alpha value is -0.940. The molecule has 4 nitrogen and oxygen atoms in total. The standard InChI is InChI=1S/C14H21N3OS/c1-10-13(11(2)18)19-14(15-10)17-8-4-7-16-6-3-5-12(16)9-17/h12H,3-9H2,1-2H3. The highest BCUT2D eigenvalue weighted by Crippen LogP contribution is 2.30. The molecule has 0 bridgehead atoms. The first-order chi connectivity index (χ1) is 9.15. The Labute approximate surface area is 118 Å². The first kappa shape index (κ1) is 13.1. The molecule has 5 heteroatoms. The van der Waals surface area contributed by atoms with E-state index in [1.807, 2.05) is 6.92 Å². The Morgan fingerprint density at radius 3 is 2.84 bits per heavy atom. The Kier molecular flexibility index (Phi) is 3.58. The summed E-state index contributed by atoms with van der Waals surface area (Å²) in [6.07, 6.45) is 3.83. The predicted molar refractivity (Wildman–Crippen MR) is 78.3 cm³/mol. The van der Waals surface area contributed by atoms with Gasteiger partial charge < -0.3 is 4.90 Å². The summed E-state index contributed by atoms with van der Waals surface area (Å²) in [5.41, 5.74) is 0.889. The van der Waals surface area contributed by atoms with E-state index < -0.39 is 0 Å². The molecular weight excluding hydrogens is 258 g/mol. The van der Waals surface area contributed by atoms with Crippen LogP contribution in [0.1, 0.15) is 41.6 Å². The van der Waals surface area contributed by atoms with Crippen LogP contribution in [0.25, 0.3) is 0 Å². The number of hydrogen-bond donors (Lipinski definition) is 0. The summed E-state index contributed by atoms with van der Waals surface area (Å²) in [5, 5.41) is 1.04. The molecule has 1 atom stereocenters. The third-order valence-electron chi connectivity index (χ3n) is 4.18. The van der Waals surface area contributed by atoms with Crippen molar-refractivity contribution >= 4 is 22.3 Å². The molecule has 0 radical (unpaired) electrons. The molecule has 2 aliphatic heterocycles. The SMILES string of the molecule is CC(=O)c1sc(N2CCCN3CCCC3C2)nc1C. The number of rotatable bonds is 2. The van der Waals surface area contributed by atoms with Crippen molar-refractivity contribution in [3.63, 3.8) is 0 Å². The fourth-order valence-electron chi connectivity index (χ4n) is 3.22. The highest BCUT2D eigenvalue weighted by Gasteiger charge is 2.30. The zero-order chi connectivity index (χ0) is 13.4. The number of anilines is 1. The average molecular weight is 279 g/mol. The van der Waals surface area contributed by atoms with Crippen molar-refractivity contribution in [2.24, 2.45) is 0 Å². The van der Waals surface area contributed by atoms with E-state index in [1.54, 1.807) is 18.3 Å². The largest absolute Gasteiger partial charge is 0.346 e. The number of thiazole rings is 1. The van der Waals surface area contributed by atoms with E-state index in [4.69, 9.17) is 0 Å². The lowest BCUT2D eigenvalue weighted by atomic mass is 10.2. The van der Waals surface area contributed by atoms with Crippen molar-refractivity contribution in [2.75, 3.05) is 31.1 Å². The molecule has 2 fully saturated rings. The summed E-state index contributed by atoms with van der Waals surface area (Å²) in [6.45, 7) is 8.18. The first-order valence-electron chi connectivity index (χ1n) is 7.12. The van der Waals surface area contributed by atoms with Gasteiger partial charge in [-0.3, -0.25) is 9.69 Å². The molecule has 0 saturated carbocycles. The van der Waals surface area contributed by atoms with Gasteiger partial charge in [-0.1, -0.05) is 11.3 Å². The van der Waals surface area contributed by atoms with Gasteiger partial charge in [0, 0.05) is 32.6 Å². The van der Waals surface area contributed by atoms with Crippen LogP contribution in [0.15, 0.2) is 0 Å². The number of ketones is 1. The Morgan fingerprint density at radius 1 is 1.32 bits per heavy atom. The van der Waals surface area contributed by atoms with E-state index in [0.29, 0.717) is 6.04 Å². The normalized spacial score (nSPS) is 24.3. The molecule has 2 aliphatic rings. The third kappa shape index (κ3) is 2.54. The van der Waals surface area contributed by atoms with E-state index in [9.17, 15) is 4.79 Å². The summed E-state index contributed by atoms with van der Waals surface area (Å²) in [5.74, 6) is 0.138. The highest BCUT2D eigenvalue weighted by molar-refractivity contribution is 7.17. The molecule has 1 unspecified atom stereocenters. The Bertz CT molecular complexity index is 485. The van der Waals surface area contributed by atoms with Gasteiger partial charge in [0.2, 0.25) is 0 Å². The van der Waals surface area contributed by atoms with Crippen molar-refractivity contribution in [1.29, 1.82) is 0 Å². The van der Waals surface area contributed by atoms with Crippen molar-refractivity contribution in [1.82, 2.24) is 9.88 Å². The monoisotopic (exact) mass is 279 g/mol. The molecule has 0 aromatic carbocycles.